The summed E-state index contributed by atoms with van der Waals surface area (Å²) in [6.45, 7) is 2.25. The van der Waals surface area contributed by atoms with Gasteiger partial charge in [0, 0.05) is 0 Å². The molecule has 3 heteroatoms. The Morgan fingerprint density at radius 1 is 1.33 bits per heavy atom. The average Bonchev–Trinajstić information content (AvgIpc) is 1.87. The summed E-state index contributed by atoms with van der Waals surface area (Å²) in [4.78, 5) is 0. The van der Waals surface area contributed by atoms with E-state index in [2.05, 4.69) is 0 Å². The van der Waals surface area contributed by atoms with Crippen molar-refractivity contribution in [2.75, 3.05) is 6.54 Å². The van der Waals surface area contributed by atoms with E-state index in [9.17, 15) is 0 Å². The second kappa shape index (κ2) is 4.73. The SMILES string of the molecule is CCC(O)C(O)CCN. The molecule has 9 heavy (non-hydrogen) atoms. The van der Waals surface area contributed by atoms with Crippen LogP contribution < -0.4 is 5.73 Å². The Hall–Kier alpha value is -0.120. The van der Waals surface area contributed by atoms with E-state index < -0.39 is 12.2 Å². The fourth-order valence-corrected chi connectivity index (χ4v) is 0.635. The molecular weight excluding hydrogens is 118 g/mol. The van der Waals surface area contributed by atoms with Gasteiger partial charge in [0.2, 0.25) is 0 Å². The van der Waals surface area contributed by atoms with E-state index in [1.54, 1.807) is 0 Å². The Bertz CT molecular complexity index is 68.1. The van der Waals surface area contributed by atoms with Crippen LogP contribution in [0.15, 0.2) is 0 Å². The lowest BCUT2D eigenvalue weighted by Crippen LogP contribution is -2.27. The summed E-state index contributed by atoms with van der Waals surface area (Å²) in [5.41, 5.74) is 5.15. The van der Waals surface area contributed by atoms with Gasteiger partial charge in [-0.05, 0) is 19.4 Å². The third-order valence-electron chi connectivity index (χ3n) is 1.32. The van der Waals surface area contributed by atoms with E-state index in [0.29, 0.717) is 19.4 Å². The summed E-state index contributed by atoms with van der Waals surface area (Å²) in [5.74, 6) is 0. The zero-order chi connectivity index (χ0) is 7.28. The number of aliphatic hydroxyl groups is 2. The van der Waals surface area contributed by atoms with Gasteiger partial charge in [-0.25, -0.2) is 0 Å². The molecule has 0 radical (unpaired) electrons. The molecule has 0 aliphatic heterocycles. The predicted octanol–water partition coefficient (Wildman–Crippen LogP) is -0.533. The quantitative estimate of drug-likeness (QED) is 0.483. The van der Waals surface area contributed by atoms with E-state index >= 15 is 0 Å². The van der Waals surface area contributed by atoms with Crippen LogP contribution in [0, 0.1) is 0 Å². The van der Waals surface area contributed by atoms with Gasteiger partial charge >= 0.3 is 0 Å². The van der Waals surface area contributed by atoms with Gasteiger partial charge < -0.3 is 15.9 Å². The Morgan fingerprint density at radius 2 is 1.89 bits per heavy atom. The van der Waals surface area contributed by atoms with Crippen LogP contribution in [0.3, 0.4) is 0 Å². The standard InChI is InChI=1S/C6H15NO2/c1-2-5(8)6(9)3-4-7/h5-6,8-9H,2-4,7H2,1H3. The molecule has 0 saturated carbocycles. The highest BCUT2D eigenvalue weighted by Gasteiger charge is 2.11. The molecule has 0 aliphatic carbocycles. The molecule has 2 atom stereocenters. The van der Waals surface area contributed by atoms with Crippen LogP contribution in [0.4, 0.5) is 0 Å². The molecule has 0 spiro atoms. The van der Waals surface area contributed by atoms with Crippen LogP contribution in [0.5, 0.6) is 0 Å². The predicted molar refractivity (Wildman–Crippen MR) is 36.0 cm³/mol. The fraction of sp³-hybridized carbons (Fsp3) is 1.00. The number of hydrogen-bond donors (Lipinski definition) is 3. The molecule has 4 N–H and O–H groups in total. The lowest BCUT2D eigenvalue weighted by atomic mass is 10.1. The molecule has 0 heterocycles. The summed E-state index contributed by atoms with van der Waals surface area (Å²) in [5, 5.41) is 17.9. The maximum Gasteiger partial charge on any atom is 0.0811 e. The van der Waals surface area contributed by atoms with Crippen molar-refractivity contribution in [2.45, 2.75) is 32.0 Å². The topological polar surface area (TPSA) is 66.5 Å². The maximum atomic E-state index is 8.99. The Labute approximate surface area is 55.5 Å². The third-order valence-corrected chi connectivity index (χ3v) is 1.32. The van der Waals surface area contributed by atoms with Crippen LogP contribution in [-0.2, 0) is 0 Å². The molecule has 56 valence electrons. The molecule has 0 amide bonds. The van der Waals surface area contributed by atoms with E-state index in [-0.39, 0.29) is 0 Å². The highest BCUT2D eigenvalue weighted by atomic mass is 16.3. The molecule has 0 rings (SSSR count). The molecule has 0 bridgehead atoms. The van der Waals surface area contributed by atoms with Gasteiger partial charge in [0.1, 0.15) is 0 Å². The van der Waals surface area contributed by atoms with Crippen molar-refractivity contribution in [1.82, 2.24) is 0 Å². The Balaban J connectivity index is 3.32. The van der Waals surface area contributed by atoms with Crippen molar-refractivity contribution in [3.8, 4) is 0 Å². The monoisotopic (exact) mass is 133 g/mol. The lowest BCUT2D eigenvalue weighted by Gasteiger charge is -2.13. The summed E-state index contributed by atoms with van der Waals surface area (Å²) in [6.07, 6.45) is -0.176. The van der Waals surface area contributed by atoms with Crippen molar-refractivity contribution in [1.29, 1.82) is 0 Å². The Kier molecular flexibility index (Phi) is 4.67. The molecule has 0 aromatic carbocycles. The van der Waals surface area contributed by atoms with Gasteiger partial charge in [-0.15, -0.1) is 0 Å². The first kappa shape index (κ1) is 8.88. The minimum atomic E-state index is -0.639. The van der Waals surface area contributed by atoms with E-state index in [0.717, 1.165) is 0 Å². The van der Waals surface area contributed by atoms with Crippen LogP contribution in [0.1, 0.15) is 19.8 Å². The van der Waals surface area contributed by atoms with Gasteiger partial charge in [-0.1, -0.05) is 6.92 Å². The van der Waals surface area contributed by atoms with E-state index in [4.69, 9.17) is 15.9 Å². The van der Waals surface area contributed by atoms with Crippen LogP contribution >= 0.6 is 0 Å². The summed E-state index contributed by atoms with van der Waals surface area (Å²) < 4.78 is 0. The first-order valence-electron chi connectivity index (χ1n) is 3.28. The first-order valence-corrected chi connectivity index (χ1v) is 3.28. The van der Waals surface area contributed by atoms with Gasteiger partial charge in [-0.3, -0.25) is 0 Å². The number of nitrogens with two attached hydrogens (primary N) is 1. The van der Waals surface area contributed by atoms with Gasteiger partial charge in [-0.2, -0.15) is 0 Å². The largest absolute Gasteiger partial charge is 0.390 e. The normalized spacial score (nSPS) is 17.3. The molecule has 0 aliphatic rings. The Morgan fingerprint density at radius 3 is 2.22 bits per heavy atom. The molecule has 0 saturated heterocycles. The first-order chi connectivity index (χ1) is 4.22. The van der Waals surface area contributed by atoms with Gasteiger partial charge in [0.15, 0.2) is 0 Å². The van der Waals surface area contributed by atoms with Crippen LogP contribution in [0.25, 0.3) is 0 Å². The lowest BCUT2D eigenvalue weighted by molar-refractivity contribution is 0.0143. The highest BCUT2D eigenvalue weighted by molar-refractivity contribution is 4.64. The minimum absolute atomic E-state index is 0.429. The van der Waals surface area contributed by atoms with Crippen molar-refractivity contribution < 1.29 is 10.2 Å². The number of hydrogen-bond acceptors (Lipinski definition) is 3. The van der Waals surface area contributed by atoms with Crippen LogP contribution in [-0.4, -0.2) is 29.0 Å². The minimum Gasteiger partial charge on any atom is -0.390 e. The fourth-order valence-electron chi connectivity index (χ4n) is 0.635. The summed E-state index contributed by atoms with van der Waals surface area (Å²) in [6, 6.07) is 0. The van der Waals surface area contributed by atoms with Crippen molar-refractivity contribution in [3.63, 3.8) is 0 Å². The molecule has 2 unspecified atom stereocenters. The molecule has 0 aromatic heterocycles. The number of aliphatic hydroxyl groups excluding tert-OH is 2. The van der Waals surface area contributed by atoms with Gasteiger partial charge in [0.05, 0.1) is 12.2 Å². The van der Waals surface area contributed by atoms with E-state index in [1.165, 1.54) is 0 Å². The van der Waals surface area contributed by atoms with Crippen molar-refractivity contribution in [3.05, 3.63) is 0 Å². The molecule has 0 fully saturated rings. The molecule has 0 aromatic rings. The average molecular weight is 133 g/mol. The smallest absolute Gasteiger partial charge is 0.0811 e. The highest BCUT2D eigenvalue weighted by Crippen LogP contribution is 2.00. The third kappa shape index (κ3) is 3.46. The van der Waals surface area contributed by atoms with E-state index in [1.807, 2.05) is 6.92 Å². The second-order valence-corrected chi connectivity index (χ2v) is 2.12. The molecule has 3 nitrogen and oxygen atoms in total. The molecular formula is C6H15NO2. The number of rotatable bonds is 4. The van der Waals surface area contributed by atoms with Crippen molar-refractivity contribution in [2.24, 2.45) is 5.73 Å². The summed E-state index contributed by atoms with van der Waals surface area (Å²) >= 11 is 0. The zero-order valence-electron chi connectivity index (χ0n) is 5.75. The van der Waals surface area contributed by atoms with Crippen LogP contribution in [0.2, 0.25) is 0 Å². The van der Waals surface area contributed by atoms with Crippen molar-refractivity contribution >= 4 is 0 Å². The summed E-state index contributed by atoms with van der Waals surface area (Å²) in [7, 11) is 0. The van der Waals surface area contributed by atoms with Gasteiger partial charge in [0.25, 0.3) is 0 Å². The zero-order valence-corrected chi connectivity index (χ0v) is 5.75. The second-order valence-electron chi connectivity index (χ2n) is 2.12. The maximum absolute atomic E-state index is 8.99.